The largest absolute Gasteiger partial charge is 0.395 e. The summed E-state index contributed by atoms with van der Waals surface area (Å²) in [6.45, 7) is 6.88. The first-order valence-electron chi connectivity index (χ1n) is 5.62. The zero-order valence-corrected chi connectivity index (χ0v) is 10.8. The van der Waals surface area contributed by atoms with Crippen molar-refractivity contribution in [2.24, 2.45) is 5.73 Å². The molecule has 4 heteroatoms. The van der Waals surface area contributed by atoms with E-state index < -0.39 is 0 Å². The van der Waals surface area contributed by atoms with Crippen LogP contribution in [-0.4, -0.2) is 24.8 Å². The maximum atomic E-state index is 9.02. The smallest absolute Gasteiger partial charge is 0.0643 e. The van der Waals surface area contributed by atoms with Gasteiger partial charge in [-0.3, -0.25) is 0 Å². The molecule has 0 heterocycles. The van der Waals surface area contributed by atoms with Gasteiger partial charge in [-0.05, 0) is 24.6 Å². The number of halogens is 1. The fraction of sp³-hybridized carbons (Fsp3) is 0.385. The SMILES string of the molecule is C=CCN(CCO)c1ccc(C(C)N)cc1Cl. The van der Waals surface area contributed by atoms with Crippen molar-refractivity contribution >= 4 is 17.3 Å². The Kier molecular flexibility index (Phi) is 5.48. The Balaban J connectivity index is 2.99. The molecule has 0 radical (unpaired) electrons. The molecule has 0 saturated carbocycles. The molecule has 0 aliphatic carbocycles. The van der Waals surface area contributed by atoms with E-state index in [9.17, 15) is 0 Å². The van der Waals surface area contributed by atoms with Crippen LogP contribution in [0.15, 0.2) is 30.9 Å². The molecule has 0 aromatic heterocycles. The summed E-state index contributed by atoms with van der Waals surface area (Å²) in [7, 11) is 0. The summed E-state index contributed by atoms with van der Waals surface area (Å²) in [6.07, 6.45) is 1.78. The van der Waals surface area contributed by atoms with Crippen LogP contribution in [0.4, 0.5) is 5.69 Å². The molecule has 1 unspecified atom stereocenters. The van der Waals surface area contributed by atoms with Gasteiger partial charge in [0.1, 0.15) is 0 Å². The second-order valence-electron chi connectivity index (χ2n) is 3.96. The molecule has 3 N–H and O–H groups in total. The first kappa shape index (κ1) is 14.0. The normalized spacial score (nSPS) is 12.2. The Morgan fingerprint density at radius 1 is 1.59 bits per heavy atom. The second kappa shape index (κ2) is 6.64. The van der Waals surface area contributed by atoms with Gasteiger partial charge in [0, 0.05) is 19.1 Å². The summed E-state index contributed by atoms with van der Waals surface area (Å²) in [6, 6.07) is 5.72. The lowest BCUT2D eigenvalue weighted by atomic mass is 10.1. The summed E-state index contributed by atoms with van der Waals surface area (Å²) < 4.78 is 0. The number of nitrogens with two attached hydrogens (primary N) is 1. The van der Waals surface area contributed by atoms with Crippen LogP contribution >= 0.6 is 11.6 Å². The number of rotatable bonds is 6. The monoisotopic (exact) mass is 254 g/mol. The van der Waals surface area contributed by atoms with Crippen LogP contribution in [0.1, 0.15) is 18.5 Å². The van der Waals surface area contributed by atoms with Crippen LogP contribution in [0, 0.1) is 0 Å². The fourth-order valence-corrected chi connectivity index (χ4v) is 1.96. The maximum absolute atomic E-state index is 9.02. The molecule has 1 atom stereocenters. The first-order chi connectivity index (χ1) is 8.10. The predicted molar refractivity (Wildman–Crippen MR) is 73.6 cm³/mol. The highest BCUT2D eigenvalue weighted by Crippen LogP contribution is 2.28. The average molecular weight is 255 g/mol. The van der Waals surface area contributed by atoms with Gasteiger partial charge in [-0.1, -0.05) is 23.7 Å². The van der Waals surface area contributed by atoms with Gasteiger partial charge in [0.15, 0.2) is 0 Å². The van der Waals surface area contributed by atoms with Gasteiger partial charge in [-0.2, -0.15) is 0 Å². The average Bonchev–Trinajstić information content (AvgIpc) is 2.28. The second-order valence-corrected chi connectivity index (χ2v) is 4.37. The van der Waals surface area contributed by atoms with Gasteiger partial charge in [0.05, 0.1) is 17.3 Å². The van der Waals surface area contributed by atoms with Crippen LogP contribution in [0.2, 0.25) is 5.02 Å². The minimum atomic E-state index is -0.0350. The summed E-state index contributed by atoms with van der Waals surface area (Å²) in [5.74, 6) is 0. The van der Waals surface area contributed by atoms with Gasteiger partial charge >= 0.3 is 0 Å². The van der Waals surface area contributed by atoms with Crippen molar-refractivity contribution in [3.8, 4) is 0 Å². The van der Waals surface area contributed by atoms with Crippen LogP contribution in [0.3, 0.4) is 0 Å². The van der Waals surface area contributed by atoms with E-state index in [0.717, 1.165) is 11.3 Å². The van der Waals surface area contributed by atoms with Gasteiger partial charge in [0.25, 0.3) is 0 Å². The zero-order valence-electron chi connectivity index (χ0n) is 10.1. The number of aliphatic hydroxyl groups excluding tert-OH is 1. The van der Waals surface area contributed by atoms with Crippen LogP contribution in [0.5, 0.6) is 0 Å². The minimum Gasteiger partial charge on any atom is -0.395 e. The van der Waals surface area contributed by atoms with Crippen molar-refractivity contribution in [1.29, 1.82) is 0 Å². The van der Waals surface area contributed by atoms with Gasteiger partial charge in [-0.15, -0.1) is 6.58 Å². The molecule has 17 heavy (non-hydrogen) atoms. The van der Waals surface area contributed by atoms with Crippen molar-refractivity contribution in [3.05, 3.63) is 41.4 Å². The van der Waals surface area contributed by atoms with E-state index in [0.29, 0.717) is 18.1 Å². The van der Waals surface area contributed by atoms with E-state index in [1.165, 1.54) is 0 Å². The third kappa shape index (κ3) is 3.73. The van der Waals surface area contributed by atoms with Crippen LogP contribution < -0.4 is 10.6 Å². The van der Waals surface area contributed by atoms with E-state index >= 15 is 0 Å². The number of hydrogen-bond donors (Lipinski definition) is 2. The zero-order chi connectivity index (χ0) is 12.8. The van der Waals surface area contributed by atoms with E-state index in [-0.39, 0.29) is 12.6 Å². The van der Waals surface area contributed by atoms with E-state index in [1.54, 1.807) is 6.08 Å². The van der Waals surface area contributed by atoms with Crippen molar-refractivity contribution in [1.82, 2.24) is 0 Å². The number of nitrogens with zero attached hydrogens (tertiary/aromatic N) is 1. The molecule has 0 bridgehead atoms. The van der Waals surface area contributed by atoms with E-state index in [1.807, 2.05) is 30.0 Å². The highest BCUT2D eigenvalue weighted by Gasteiger charge is 2.10. The summed E-state index contributed by atoms with van der Waals surface area (Å²) >= 11 is 6.23. The predicted octanol–water partition coefficient (Wildman–Crippen LogP) is 2.34. The Morgan fingerprint density at radius 3 is 2.76 bits per heavy atom. The fourth-order valence-electron chi connectivity index (χ4n) is 1.65. The van der Waals surface area contributed by atoms with E-state index in [4.69, 9.17) is 22.4 Å². The summed E-state index contributed by atoms with van der Waals surface area (Å²) in [4.78, 5) is 1.97. The molecular weight excluding hydrogens is 236 g/mol. The Morgan fingerprint density at radius 2 is 2.29 bits per heavy atom. The molecular formula is C13H19ClN2O. The molecule has 0 aliphatic heterocycles. The maximum Gasteiger partial charge on any atom is 0.0643 e. The Labute approximate surface area is 107 Å². The van der Waals surface area contributed by atoms with Crippen molar-refractivity contribution < 1.29 is 5.11 Å². The lowest BCUT2D eigenvalue weighted by Crippen LogP contribution is -2.27. The first-order valence-corrected chi connectivity index (χ1v) is 5.99. The number of aliphatic hydroxyl groups is 1. The quantitative estimate of drug-likeness (QED) is 0.767. The van der Waals surface area contributed by atoms with Crippen LogP contribution in [-0.2, 0) is 0 Å². The third-order valence-electron chi connectivity index (χ3n) is 2.56. The summed E-state index contributed by atoms with van der Waals surface area (Å²) in [5.41, 5.74) is 7.69. The standard InChI is InChI=1S/C13H19ClN2O/c1-3-6-16(7-8-17)13-5-4-11(10(2)15)9-12(13)14/h3-5,9-10,17H,1,6-8,15H2,2H3. The molecule has 0 fully saturated rings. The Hall–Kier alpha value is -1.03. The van der Waals surface area contributed by atoms with Gasteiger partial charge < -0.3 is 15.7 Å². The third-order valence-corrected chi connectivity index (χ3v) is 2.86. The Bertz CT molecular complexity index is 380. The summed E-state index contributed by atoms with van der Waals surface area (Å²) in [5, 5.41) is 9.67. The molecule has 3 nitrogen and oxygen atoms in total. The molecule has 0 spiro atoms. The molecule has 1 aromatic rings. The van der Waals surface area contributed by atoms with Crippen molar-refractivity contribution in [2.45, 2.75) is 13.0 Å². The molecule has 0 saturated heterocycles. The highest BCUT2D eigenvalue weighted by atomic mass is 35.5. The van der Waals surface area contributed by atoms with Gasteiger partial charge in [0.2, 0.25) is 0 Å². The highest BCUT2D eigenvalue weighted by molar-refractivity contribution is 6.33. The lowest BCUT2D eigenvalue weighted by Gasteiger charge is -2.24. The topological polar surface area (TPSA) is 49.5 Å². The number of anilines is 1. The number of hydrogen-bond acceptors (Lipinski definition) is 3. The molecule has 1 aromatic carbocycles. The van der Waals surface area contributed by atoms with E-state index in [2.05, 4.69) is 6.58 Å². The lowest BCUT2D eigenvalue weighted by molar-refractivity contribution is 0.303. The number of benzene rings is 1. The molecule has 0 aliphatic rings. The molecule has 0 amide bonds. The molecule has 94 valence electrons. The minimum absolute atomic E-state index is 0.0350. The van der Waals surface area contributed by atoms with Crippen molar-refractivity contribution in [2.75, 3.05) is 24.6 Å². The van der Waals surface area contributed by atoms with Crippen molar-refractivity contribution in [3.63, 3.8) is 0 Å². The molecule has 1 rings (SSSR count). The van der Waals surface area contributed by atoms with Crippen LogP contribution in [0.25, 0.3) is 0 Å². The van der Waals surface area contributed by atoms with Gasteiger partial charge in [-0.25, -0.2) is 0 Å².